The normalized spacial score (nSPS) is 10.8. The molecule has 1 amide bonds. The van der Waals surface area contributed by atoms with E-state index in [9.17, 15) is 4.79 Å². The second kappa shape index (κ2) is 7.83. The minimum Gasteiger partial charge on any atom is -0.494 e. The molecule has 0 fully saturated rings. The van der Waals surface area contributed by atoms with Crippen LogP contribution in [0.15, 0.2) is 48.5 Å². The maximum absolute atomic E-state index is 12.2. The number of imidazole rings is 1. The Balaban J connectivity index is 1.57. The number of nitrogens with one attached hydrogen (secondary N) is 1. The van der Waals surface area contributed by atoms with Crippen molar-refractivity contribution < 1.29 is 9.53 Å². The molecular formula is C20H23N3O2. The van der Waals surface area contributed by atoms with Crippen LogP contribution in [0.2, 0.25) is 0 Å². The van der Waals surface area contributed by atoms with Crippen LogP contribution in [0.25, 0.3) is 11.0 Å². The van der Waals surface area contributed by atoms with Gasteiger partial charge in [0.15, 0.2) is 0 Å². The number of rotatable bonds is 7. The topological polar surface area (TPSA) is 56.1 Å². The first-order chi connectivity index (χ1) is 12.2. The number of fused-ring (bicyclic) bond motifs is 1. The Hall–Kier alpha value is -2.82. The van der Waals surface area contributed by atoms with E-state index in [1.165, 1.54) is 0 Å². The smallest absolute Gasteiger partial charge is 0.220 e. The van der Waals surface area contributed by atoms with Gasteiger partial charge in [-0.05, 0) is 37.1 Å². The molecule has 25 heavy (non-hydrogen) atoms. The van der Waals surface area contributed by atoms with Crippen LogP contribution in [-0.2, 0) is 24.8 Å². The molecule has 1 heterocycles. The fourth-order valence-corrected chi connectivity index (χ4v) is 2.87. The SMILES string of the molecule is CCOc1ccccc1CCC(=O)NCc1nc2ccccc2n1C. The summed E-state index contributed by atoms with van der Waals surface area (Å²) in [6.07, 6.45) is 1.08. The van der Waals surface area contributed by atoms with Gasteiger partial charge in [-0.25, -0.2) is 4.98 Å². The van der Waals surface area contributed by atoms with Crippen LogP contribution in [-0.4, -0.2) is 22.1 Å². The highest BCUT2D eigenvalue weighted by molar-refractivity contribution is 5.77. The molecule has 0 bridgehead atoms. The van der Waals surface area contributed by atoms with Gasteiger partial charge in [-0.1, -0.05) is 30.3 Å². The average Bonchev–Trinajstić information content (AvgIpc) is 2.96. The molecular weight excluding hydrogens is 314 g/mol. The lowest BCUT2D eigenvalue weighted by molar-refractivity contribution is -0.121. The van der Waals surface area contributed by atoms with E-state index in [4.69, 9.17) is 4.74 Å². The van der Waals surface area contributed by atoms with Crippen LogP contribution in [0.4, 0.5) is 0 Å². The number of para-hydroxylation sites is 3. The summed E-state index contributed by atoms with van der Waals surface area (Å²) in [5.41, 5.74) is 3.07. The highest BCUT2D eigenvalue weighted by Gasteiger charge is 2.10. The van der Waals surface area contributed by atoms with Gasteiger partial charge in [0.25, 0.3) is 0 Å². The molecule has 0 aliphatic carbocycles. The second-order valence-corrected chi connectivity index (χ2v) is 5.89. The number of amides is 1. The minimum atomic E-state index is 0.0124. The van der Waals surface area contributed by atoms with E-state index in [0.717, 1.165) is 28.2 Å². The zero-order chi connectivity index (χ0) is 17.6. The molecule has 3 aromatic rings. The molecule has 0 saturated heterocycles. The summed E-state index contributed by atoms with van der Waals surface area (Å²) in [6, 6.07) is 15.8. The quantitative estimate of drug-likeness (QED) is 0.720. The third-order valence-electron chi connectivity index (χ3n) is 4.22. The first kappa shape index (κ1) is 17.0. The zero-order valence-corrected chi connectivity index (χ0v) is 14.7. The number of carbonyl (C=O) groups is 1. The fourth-order valence-electron chi connectivity index (χ4n) is 2.87. The molecule has 0 radical (unpaired) electrons. The van der Waals surface area contributed by atoms with Crippen molar-refractivity contribution in [2.75, 3.05) is 6.61 Å². The molecule has 130 valence electrons. The number of aromatic nitrogens is 2. The molecule has 5 nitrogen and oxygen atoms in total. The third-order valence-corrected chi connectivity index (χ3v) is 4.22. The van der Waals surface area contributed by atoms with Gasteiger partial charge in [0.1, 0.15) is 11.6 Å². The van der Waals surface area contributed by atoms with Crippen molar-refractivity contribution in [3.63, 3.8) is 0 Å². The van der Waals surface area contributed by atoms with Gasteiger partial charge in [-0.3, -0.25) is 4.79 Å². The fraction of sp³-hybridized carbons (Fsp3) is 0.300. The van der Waals surface area contributed by atoms with Crippen molar-refractivity contribution in [1.82, 2.24) is 14.9 Å². The van der Waals surface area contributed by atoms with Crippen LogP contribution < -0.4 is 10.1 Å². The molecule has 2 aromatic carbocycles. The number of nitrogens with zero attached hydrogens (tertiary/aromatic N) is 2. The maximum Gasteiger partial charge on any atom is 0.220 e. The van der Waals surface area contributed by atoms with Crippen LogP contribution in [0, 0.1) is 0 Å². The van der Waals surface area contributed by atoms with Gasteiger partial charge in [-0.2, -0.15) is 0 Å². The number of aryl methyl sites for hydroxylation is 2. The monoisotopic (exact) mass is 337 g/mol. The lowest BCUT2D eigenvalue weighted by Crippen LogP contribution is -2.24. The summed E-state index contributed by atoms with van der Waals surface area (Å²) in [4.78, 5) is 16.8. The lowest BCUT2D eigenvalue weighted by atomic mass is 10.1. The van der Waals surface area contributed by atoms with Gasteiger partial charge in [0.2, 0.25) is 5.91 Å². The van der Waals surface area contributed by atoms with Gasteiger partial charge >= 0.3 is 0 Å². The summed E-state index contributed by atoms with van der Waals surface area (Å²) >= 11 is 0. The molecule has 0 unspecified atom stereocenters. The van der Waals surface area contributed by atoms with Crippen molar-refractivity contribution in [2.45, 2.75) is 26.3 Å². The lowest BCUT2D eigenvalue weighted by Gasteiger charge is -2.10. The van der Waals surface area contributed by atoms with Crippen molar-refractivity contribution in [3.8, 4) is 5.75 Å². The standard InChI is InChI=1S/C20H23N3O2/c1-3-25-18-11-7-4-8-15(18)12-13-20(24)21-14-19-22-16-9-5-6-10-17(16)23(19)2/h4-11H,3,12-14H2,1-2H3,(H,21,24). The first-order valence-electron chi connectivity index (χ1n) is 8.56. The van der Waals surface area contributed by atoms with Crippen molar-refractivity contribution >= 4 is 16.9 Å². The largest absolute Gasteiger partial charge is 0.494 e. The van der Waals surface area contributed by atoms with E-state index in [2.05, 4.69) is 10.3 Å². The summed E-state index contributed by atoms with van der Waals surface area (Å²) in [7, 11) is 1.97. The molecule has 0 atom stereocenters. The van der Waals surface area contributed by atoms with Crippen molar-refractivity contribution in [2.24, 2.45) is 7.05 Å². The number of carbonyl (C=O) groups excluding carboxylic acids is 1. The predicted molar refractivity (Wildman–Crippen MR) is 98.5 cm³/mol. The highest BCUT2D eigenvalue weighted by atomic mass is 16.5. The van der Waals surface area contributed by atoms with Crippen LogP contribution in [0.3, 0.4) is 0 Å². The van der Waals surface area contributed by atoms with Crippen molar-refractivity contribution in [1.29, 1.82) is 0 Å². The van der Waals surface area contributed by atoms with Gasteiger partial charge in [0, 0.05) is 13.5 Å². The Morgan fingerprint density at radius 1 is 1.16 bits per heavy atom. The Labute approximate surface area is 147 Å². The molecule has 5 heteroatoms. The minimum absolute atomic E-state index is 0.0124. The summed E-state index contributed by atoms with van der Waals surface area (Å²) in [5, 5.41) is 2.96. The van der Waals surface area contributed by atoms with Crippen LogP contribution in [0.1, 0.15) is 24.7 Å². The van der Waals surface area contributed by atoms with E-state index in [0.29, 0.717) is 26.0 Å². The Morgan fingerprint density at radius 3 is 2.72 bits per heavy atom. The average molecular weight is 337 g/mol. The highest BCUT2D eigenvalue weighted by Crippen LogP contribution is 2.19. The molecule has 0 spiro atoms. The Bertz CT molecular complexity index is 870. The Kier molecular flexibility index (Phi) is 5.33. The number of hydrogen-bond donors (Lipinski definition) is 1. The Morgan fingerprint density at radius 2 is 1.92 bits per heavy atom. The third kappa shape index (κ3) is 3.99. The van der Waals surface area contributed by atoms with Crippen LogP contribution >= 0.6 is 0 Å². The number of ether oxygens (including phenoxy) is 1. The number of benzene rings is 2. The molecule has 3 rings (SSSR count). The van der Waals surface area contributed by atoms with E-state index in [1.807, 2.05) is 67.1 Å². The molecule has 0 saturated carbocycles. The van der Waals surface area contributed by atoms with Gasteiger partial charge in [0.05, 0.1) is 24.2 Å². The first-order valence-corrected chi connectivity index (χ1v) is 8.56. The summed E-state index contributed by atoms with van der Waals surface area (Å²) < 4.78 is 7.62. The molecule has 0 aliphatic rings. The van der Waals surface area contributed by atoms with Crippen molar-refractivity contribution in [3.05, 3.63) is 59.9 Å². The van der Waals surface area contributed by atoms with E-state index in [-0.39, 0.29) is 5.91 Å². The van der Waals surface area contributed by atoms with E-state index >= 15 is 0 Å². The number of hydrogen-bond acceptors (Lipinski definition) is 3. The van der Waals surface area contributed by atoms with Gasteiger partial charge < -0.3 is 14.6 Å². The molecule has 1 aromatic heterocycles. The summed E-state index contributed by atoms with van der Waals surface area (Å²) in [5.74, 6) is 1.72. The van der Waals surface area contributed by atoms with Crippen LogP contribution in [0.5, 0.6) is 5.75 Å². The molecule has 0 aliphatic heterocycles. The predicted octanol–water partition coefficient (Wildman–Crippen LogP) is 3.22. The second-order valence-electron chi connectivity index (χ2n) is 5.89. The zero-order valence-electron chi connectivity index (χ0n) is 14.7. The maximum atomic E-state index is 12.2. The van der Waals surface area contributed by atoms with E-state index < -0.39 is 0 Å². The summed E-state index contributed by atoms with van der Waals surface area (Å²) in [6.45, 7) is 3.01. The molecule has 1 N–H and O–H groups in total. The van der Waals surface area contributed by atoms with E-state index in [1.54, 1.807) is 0 Å². The van der Waals surface area contributed by atoms with Gasteiger partial charge in [-0.15, -0.1) is 0 Å².